The van der Waals surface area contributed by atoms with Crippen LogP contribution in [0.25, 0.3) is 6.08 Å². The molecule has 3 heteroatoms. The van der Waals surface area contributed by atoms with Gasteiger partial charge in [-0.3, -0.25) is 9.78 Å². The van der Waals surface area contributed by atoms with Crippen LogP contribution in [0.4, 0.5) is 0 Å². The molecule has 0 radical (unpaired) electrons. The van der Waals surface area contributed by atoms with Crippen molar-refractivity contribution in [3.05, 3.63) is 35.2 Å². The van der Waals surface area contributed by atoms with Gasteiger partial charge in [0.1, 0.15) is 0 Å². The van der Waals surface area contributed by atoms with Crippen molar-refractivity contribution in [2.24, 2.45) is 0 Å². The lowest BCUT2D eigenvalue weighted by Crippen LogP contribution is -2.20. The fourth-order valence-corrected chi connectivity index (χ4v) is 1.43. The Kier molecular flexibility index (Phi) is 4.70. The Morgan fingerprint density at radius 3 is 2.88 bits per heavy atom. The molecule has 0 saturated carbocycles. The molecule has 1 heterocycles. The fraction of sp³-hybridized carbons (Fsp3) is 0.385. The normalized spacial score (nSPS) is 10.7. The number of hydrogen-bond acceptors (Lipinski definition) is 2. The van der Waals surface area contributed by atoms with Crippen molar-refractivity contribution in [1.29, 1.82) is 0 Å². The molecule has 3 nitrogen and oxygen atoms in total. The molecule has 0 aliphatic heterocycles. The first-order chi connectivity index (χ1) is 7.59. The lowest BCUT2D eigenvalue weighted by molar-refractivity contribution is -0.118. The second-order valence-electron chi connectivity index (χ2n) is 3.89. The molecule has 1 amide bonds. The minimum absolute atomic E-state index is 0.0121. The van der Waals surface area contributed by atoms with E-state index >= 15 is 0 Å². The number of aryl methyl sites for hydroxylation is 2. The molecular formula is C13H18N2O. The highest BCUT2D eigenvalue weighted by Gasteiger charge is 1.95. The molecule has 86 valence electrons. The largest absolute Gasteiger partial charge is 0.356 e. The highest BCUT2D eigenvalue weighted by atomic mass is 16.1. The summed E-state index contributed by atoms with van der Waals surface area (Å²) >= 11 is 0. The molecule has 0 spiro atoms. The highest BCUT2D eigenvalue weighted by molar-refractivity contribution is 5.72. The molecule has 0 aromatic carbocycles. The summed E-state index contributed by atoms with van der Waals surface area (Å²) in [4.78, 5) is 15.0. The molecule has 1 aromatic rings. The Bertz CT molecular complexity index is 397. The predicted molar refractivity (Wildman–Crippen MR) is 66.0 cm³/mol. The molecule has 16 heavy (non-hydrogen) atoms. The molecule has 1 aromatic heterocycles. The second kappa shape index (κ2) is 6.05. The third-order valence-electron chi connectivity index (χ3n) is 2.22. The van der Waals surface area contributed by atoms with Gasteiger partial charge in [-0.15, -0.1) is 0 Å². The van der Waals surface area contributed by atoms with Crippen molar-refractivity contribution < 1.29 is 4.79 Å². The number of nitrogens with zero attached hydrogens (tertiary/aromatic N) is 1. The van der Waals surface area contributed by atoms with E-state index in [0.717, 1.165) is 12.1 Å². The van der Waals surface area contributed by atoms with Crippen molar-refractivity contribution in [3.63, 3.8) is 0 Å². The summed E-state index contributed by atoms with van der Waals surface area (Å²) in [6, 6.07) is 2.11. The van der Waals surface area contributed by atoms with Gasteiger partial charge in [-0.2, -0.15) is 0 Å². The van der Waals surface area contributed by atoms with Gasteiger partial charge in [0.25, 0.3) is 0 Å². The van der Waals surface area contributed by atoms with E-state index in [1.165, 1.54) is 18.1 Å². The Morgan fingerprint density at radius 2 is 2.25 bits per heavy atom. The van der Waals surface area contributed by atoms with Crippen LogP contribution in [0.5, 0.6) is 0 Å². The number of aromatic nitrogens is 1. The number of carbonyl (C=O) groups is 1. The average molecular weight is 218 g/mol. The van der Waals surface area contributed by atoms with Crippen molar-refractivity contribution >= 4 is 12.0 Å². The SMILES string of the molecule is CC(=O)NCCC=Cc1ncc(C)cc1C. The number of carbonyl (C=O) groups excluding carboxylic acids is 1. The Labute approximate surface area is 96.6 Å². The number of rotatable bonds is 4. The first-order valence-electron chi connectivity index (χ1n) is 5.44. The number of amides is 1. The maximum atomic E-state index is 10.6. The van der Waals surface area contributed by atoms with Crippen LogP contribution >= 0.6 is 0 Å². The first-order valence-corrected chi connectivity index (χ1v) is 5.44. The summed E-state index contributed by atoms with van der Waals surface area (Å²) in [7, 11) is 0. The minimum atomic E-state index is 0.0121. The van der Waals surface area contributed by atoms with Crippen molar-refractivity contribution in [3.8, 4) is 0 Å². The van der Waals surface area contributed by atoms with Gasteiger partial charge in [0.05, 0.1) is 5.69 Å². The summed E-state index contributed by atoms with van der Waals surface area (Å²) in [5.74, 6) is 0.0121. The van der Waals surface area contributed by atoms with Gasteiger partial charge in [0.2, 0.25) is 5.91 Å². The van der Waals surface area contributed by atoms with Gasteiger partial charge in [0.15, 0.2) is 0 Å². The van der Waals surface area contributed by atoms with E-state index in [1.807, 2.05) is 32.2 Å². The molecule has 0 fully saturated rings. The molecule has 0 saturated heterocycles. The number of nitrogens with one attached hydrogen (secondary N) is 1. The highest BCUT2D eigenvalue weighted by Crippen LogP contribution is 2.08. The fourth-order valence-electron chi connectivity index (χ4n) is 1.43. The van der Waals surface area contributed by atoms with E-state index in [9.17, 15) is 4.79 Å². The van der Waals surface area contributed by atoms with Crippen LogP contribution in [0, 0.1) is 13.8 Å². The summed E-state index contributed by atoms with van der Waals surface area (Å²) in [5, 5.41) is 2.74. The minimum Gasteiger partial charge on any atom is -0.356 e. The lowest BCUT2D eigenvalue weighted by atomic mass is 10.1. The number of pyridine rings is 1. The van der Waals surface area contributed by atoms with Crippen molar-refractivity contribution in [2.75, 3.05) is 6.54 Å². The van der Waals surface area contributed by atoms with Crippen LogP contribution in [-0.4, -0.2) is 17.4 Å². The van der Waals surface area contributed by atoms with Gasteiger partial charge in [-0.25, -0.2) is 0 Å². The van der Waals surface area contributed by atoms with Gasteiger partial charge < -0.3 is 5.32 Å². The first kappa shape index (κ1) is 12.4. The van der Waals surface area contributed by atoms with E-state index in [4.69, 9.17) is 0 Å². The van der Waals surface area contributed by atoms with Crippen molar-refractivity contribution in [2.45, 2.75) is 27.2 Å². The zero-order valence-corrected chi connectivity index (χ0v) is 10.1. The van der Waals surface area contributed by atoms with E-state index < -0.39 is 0 Å². The Morgan fingerprint density at radius 1 is 1.50 bits per heavy atom. The molecule has 1 N–H and O–H groups in total. The maximum absolute atomic E-state index is 10.6. The molecule has 0 bridgehead atoms. The third-order valence-corrected chi connectivity index (χ3v) is 2.22. The van der Waals surface area contributed by atoms with Crippen LogP contribution in [0.1, 0.15) is 30.2 Å². The topological polar surface area (TPSA) is 42.0 Å². The Hall–Kier alpha value is -1.64. The standard InChI is InChI=1S/C13H18N2O/c1-10-8-11(2)13(15-9-10)6-4-5-7-14-12(3)16/h4,6,8-9H,5,7H2,1-3H3,(H,14,16). The van der Waals surface area contributed by atoms with Crippen molar-refractivity contribution in [1.82, 2.24) is 10.3 Å². The smallest absolute Gasteiger partial charge is 0.216 e. The van der Waals surface area contributed by atoms with E-state index in [1.54, 1.807) is 0 Å². The summed E-state index contributed by atoms with van der Waals surface area (Å²) < 4.78 is 0. The van der Waals surface area contributed by atoms with Gasteiger partial charge >= 0.3 is 0 Å². The van der Waals surface area contributed by atoms with E-state index in [-0.39, 0.29) is 5.91 Å². The molecule has 0 unspecified atom stereocenters. The quantitative estimate of drug-likeness (QED) is 0.787. The summed E-state index contributed by atoms with van der Waals surface area (Å²) in [6.07, 6.45) is 6.71. The van der Waals surface area contributed by atoms with E-state index in [2.05, 4.69) is 16.4 Å². The molecule has 0 aliphatic rings. The molecule has 1 rings (SSSR count). The molecular weight excluding hydrogens is 200 g/mol. The van der Waals surface area contributed by atoms with Crippen LogP contribution in [0.2, 0.25) is 0 Å². The van der Waals surface area contributed by atoms with Crippen LogP contribution in [0.15, 0.2) is 18.3 Å². The maximum Gasteiger partial charge on any atom is 0.216 e. The zero-order valence-electron chi connectivity index (χ0n) is 10.1. The van der Waals surface area contributed by atoms with Crippen LogP contribution < -0.4 is 5.32 Å². The van der Waals surface area contributed by atoms with Crippen LogP contribution in [0.3, 0.4) is 0 Å². The second-order valence-corrected chi connectivity index (χ2v) is 3.89. The number of hydrogen-bond donors (Lipinski definition) is 1. The Balaban J connectivity index is 2.47. The summed E-state index contributed by atoms with van der Waals surface area (Å²) in [5.41, 5.74) is 3.34. The van der Waals surface area contributed by atoms with E-state index in [0.29, 0.717) is 6.54 Å². The van der Waals surface area contributed by atoms with Crippen LogP contribution in [-0.2, 0) is 4.79 Å². The summed E-state index contributed by atoms with van der Waals surface area (Å²) in [6.45, 7) is 6.28. The van der Waals surface area contributed by atoms with Gasteiger partial charge in [-0.05, 0) is 37.5 Å². The monoisotopic (exact) mass is 218 g/mol. The average Bonchev–Trinajstić information content (AvgIpc) is 2.20. The predicted octanol–water partition coefficient (Wildman–Crippen LogP) is 2.24. The third kappa shape index (κ3) is 4.26. The molecule has 0 atom stereocenters. The molecule has 0 aliphatic carbocycles. The lowest BCUT2D eigenvalue weighted by Gasteiger charge is -2.01. The van der Waals surface area contributed by atoms with Gasteiger partial charge in [-0.1, -0.05) is 12.1 Å². The zero-order chi connectivity index (χ0) is 12.0. The van der Waals surface area contributed by atoms with Gasteiger partial charge in [0, 0.05) is 19.7 Å².